The molecule has 1 rings (SSSR count). The van der Waals surface area contributed by atoms with Crippen LogP contribution in [0.4, 0.5) is 0 Å². The van der Waals surface area contributed by atoms with Crippen LogP contribution in [0.2, 0.25) is 0 Å². The fraction of sp³-hybridized carbons (Fsp3) is 0.533. The van der Waals surface area contributed by atoms with Gasteiger partial charge in [0.25, 0.3) is 5.91 Å². The molecule has 0 saturated carbocycles. The molecule has 0 atom stereocenters. The molecule has 0 spiro atoms. The van der Waals surface area contributed by atoms with Crippen LogP contribution in [-0.4, -0.2) is 48.3 Å². The fourth-order valence-electron chi connectivity index (χ4n) is 1.75. The van der Waals surface area contributed by atoms with Gasteiger partial charge in [0.15, 0.2) is 6.61 Å². The van der Waals surface area contributed by atoms with Gasteiger partial charge in [-0.15, -0.1) is 0 Å². The van der Waals surface area contributed by atoms with Crippen molar-refractivity contribution in [2.24, 2.45) is 0 Å². The van der Waals surface area contributed by atoms with Crippen molar-refractivity contribution in [1.29, 1.82) is 0 Å². The predicted octanol–water partition coefficient (Wildman–Crippen LogP) is 1.69. The van der Waals surface area contributed by atoms with E-state index in [0.717, 1.165) is 5.75 Å². The number of methoxy groups -OCH3 is 1. The molecule has 0 saturated heterocycles. The molecular formula is C15H23NO4. The maximum Gasteiger partial charge on any atom is 0.260 e. The van der Waals surface area contributed by atoms with Crippen LogP contribution in [0, 0.1) is 0 Å². The van der Waals surface area contributed by atoms with E-state index in [1.807, 2.05) is 6.92 Å². The fourth-order valence-corrected chi connectivity index (χ4v) is 1.75. The minimum absolute atomic E-state index is 0.0454. The van der Waals surface area contributed by atoms with E-state index in [-0.39, 0.29) is 19.1 Å². The molecule has 0 fully saturated rings. The first-order valence-corrected chi connectivity index (χ1v) is 6.62. The molecular weight excluding hydrogens is 258 g/mol. The van der Waals surface area contributed by atoms with Gasteiger partial charge in [-0.05, 0) is 45.0 Å². The van der Waals surface area contributed by atoms with Gasteiger partial charge in [-0.1, -0.05) is 0 Å². The first-order valence-electron chi connectivity index (χ1n) is 6.62. The average Bonchev–Trinajstić information content (AvgIpc) is 2.41. The second-order valence-electron chi connectivity index (χ2n) is 5.18. The first kappa shape index (κ1) is 16.3. The van der Waals surface area contributed by atoms with E-state index in [1.54, 1.807) is 50.1 Å². The summed E-state index contributed by atoms with van der Waals surface area (Å²) >= 11 is 0. The Balaban J connectivity index is 2.52. The molecule has 20 heavy (non-hydrogen) atoms. The summed E-state index contributed by atoms with van der Waals surface area (Å²) in [6.07, 6.45) is 0. The Kier molecular flexibility index (Phi) is 5.82. The summed E-state index contributed by atoms with van der Waals surface area (Å²) in [5, 5.41) is 9.76. The quantitative estimate of drug-likeness (QED) is 0.826. The SMILES string of the molecule is CCN(CC(C)(C)O)C(=O)COc1ccc(OC)cc1. The third kappa shape index (κ3) is 5.48. The molecule has 112 valence electrons. The number of hydrogen-bond acceptors (Lipinski definition) is 4. The van der Waals surface area contributed by atoms with Crippen LogP contribution < -0.4 is 9.47 Å². The van der Waals surface area contributed by atoms with Crippen molar-refractivity contribution in [2.45, 2.75) is 26.4 Å². The number of rotatable bonds is 7. The molecule has 0 aliphatic heterocycles. The molecule has 0 heterocycles. The molecule has 0 radical (unpaired) electrons. The highest BCUT2D eigenvalue weighted by Crippen LogP contribution is 2.17. The highest BCUT2D eigenvalue weighted by Gasteiger charge is 2.21. The Bertz CT molecular complexity index is 422. The van der Waals surface area contributed by atoms with E-state index in [1.165, 1.54) is 0 Å². The highest BCUT2D eigenvalue weighted by atomic mass is 16.5. The number of benzene rings is 1. The standard InChI is InChI=1S/C15H23NO4/c1-5-16(11-15(2,3)18)14(17)10-20-13-8-6-12(19-4)7-9-13/h6-9,18H,5,10-11H2,1-4H3. The molecule has 1 N–H and O–H groups in total. The van der Waals surface area contributed by atoms with E-state index in [0.29, 0.717) is 12.3 Å². The lowest BCUT2D eigenvalue weighted by Crippen LogP contribution is -2.44. The van der Waals surface area contributed by atoms with E-state index in [9.17, 15) is 9.90 Å². The van der Waals surface area contributed by atoms with Gasteiger partial charge in [-0.2, -0.15) is 0 Å². The minimum atomic E-state index is -0.911. The maximum absolute atomic E-state index is 12.0. The summed E-state index contributed by atoms with van der Waals surface area (Å²) in [4.78, 5) is 13.6. The molecule has 5 heteroatoms. The van der Waals surface area contributed by atoms with Crippen molar-refractivity contribution in [2.75, 3.05) is 26.8 Å². The normalized spacial score (nSPS) is 11.1. The van der Waals surface area contributed by atoms with Crippen LogP contribution in [-0.2, 0) is 4.79 Å². The average molecular weight is 281 g/mol. The van der Waals surface area contributed by atoms with E-state index in [2.05, 4.69) is 0 Å². The van der Waals surface area contributed by atoms with Crippen molar-refractivity contribution in [3.05, 3.63) is 24.3 Å². The van der Waals surface area contributed by atoms with Gasteiger partial charge >= 0.3 is 0 Å². The summed E-state index contributed by atoms with van der Waals surface area (Å²) in [5.41, 5.74) is -0.911. The number of nitrogens with zero attached hydrogens (tertiary/aromatic N) is 1. The summed E-state index contributed by atoms with van der Waals surface area (Å²) in [7, 11) is 1.59. The van der Waals surface area contributed by atoms with Gasteiger partial charge in [0.1, 0.15) is 11.5 Å². The van der Waals surface area contributed by atoms with Gasteiger partial charge in [0, 0.05) is 13.1 Å². The third-order valence-electron chi connectivity index (χ3n) is 2.73. The van der Waals surface area contributed by atoms with Crippen LogP contribution in [0.5, 0.6) is 11.5 Å². The zero-order valence-corrected chi connectivity index (χ0v) is 12.5. The smallest absolute Gasteiger partial charge is 0.260 e. The Hall–Kier alpha value is -1.75. The summed E-state index contributed by atoms with van der Waals surface area (Å²) in [5.74, 6) is 1.20. The number of likely N-dealkylation sites (N-methyl/N-ethyl adjacent to an activating group) is 1. The summed E-state index contributed by atoms with van der Waals surface area (Å²) < 4.78 is 10.5. The van der Waals surface area contributed by atoms with Gasteiger partial charge in [-0.25, -0.2) is 0 Å². The van der Waals surface area contributed by atoms with Crippen LogP contribution in [0.3, 0.4) is 0 Å². The lowest BCUT2D eigenvalue weighted by Gasteiger charge is -2.28. The number of carbonyl (C=O) groups is 1. The number of ether oxygens (including phenoxy) is 2. The van der Waals surface area contributed by atoms with Crippen molar-refractivity contribution in [3.8, 4) is 11.5 Å². The zero-order valence-electron chi connectivity index (χ0n) is 12.5. The van der Waals surface area contributed by atoms with Gasteiger partial charge in [-0.3, -0.25) is 4.79 Å². The molecule has 1 aromatic carbocycles. The predicted molar refractivity (Wildman–Crippen MR) is 77.0 cm³/mol. The van der Waals surface area contributed by atoms with Crippen LogP contribution in [0.1, 0.15) is 20.8 Å². The lowest BCUT2D eigenvalue weighted by molar-refractivity contribution is -0.136. The number of hydrogen-bond donors (Lipinski definition) is 1. The third-order valence-corrected chi connectivity index (χ3v) is 2.73. The summed E-state index contributed by atoms with van der Waals surface area (Å²) in [6, 6.07) is 7.04. The number of aliphatic hydroxyl groups is 1. The molecule has 1 aromatic rings. The monoisotopic (exact) mass is 281 g/mol. The van der Waals surface area contributed by atoms with Crippen molar-refractivity contribution < 1.29 is 19.4 Å². The van der Waals surface area contributed by atoms with Gasteiger partial charge in [0.2, 0.25) is 0 Å². The Morgan fingerprint density at radius 1 is 1.25 bits per heavy atom. The van der Waals surface area contributed by atoms with Crippen LogP contribution in [0.15, 0.2) is 24.3 Å². The topological polar surface area (TPSA) is 59.0 Å². The van der Waals surface area contributed by atoms with E-state index in [4.69, 9.17) is 9.47 Å². The van der Waals surface area contributed by atoms with Crippen LogP contribution in [0.25, 0.3) is 0 Å². The Morgan fingerprint density at radius 2 is 1.80 bits per heavy atom. The molecule has 0 unspecified atom stereocenters. The minimum Gasteiger partial charge on any atom is -0.497 e. The zero-order chi connectivity index (χ0) is 15.2. The molecule has 5 nitrogen and oxygen atoms in total. The van der Waals surface area contributed by atoms with Crippen molar-refractivity contribution in [3.63, 3.8) is 0 Å². The Morgan fingerprint density at radius 3 is 2.25 bits per heavy atom. The second-order valence-corrected chi connectivity index (χ2v) is 5.18. The van der Waals surface area contributed by atoms with Gasteiger partial charge < -0.3 is 19.5 Å². The first-order chi connectivity index (χ1) is 9.35. The van der Waals surface area contributed by atoms with E-state index < -0.39 is 5.60 Å². The van der Waals surface area contributed by atoms with Crippen molar-refractivity contribution >= 4 is 5.91 Å². The lowest BCUT2D eigenvalue weighted by atomic mass is 10.1. The number of carbonyl (C=O) groups excluding carboxylic acids is 1. The summed E-state index contributed by atoms with van der Waals surface area (Å²) in [6.45, 7) is 6.00. The maximum atomic E-state index is 12.0. The number of amides is 1. The molecule has 0 aromatic heterocycles. The van der Waals surface area contributed by atoms with Crippen LogP contribution >= 0.6 is 0 Å². The van der Waals surface area contributed by atoms with Gasteiger partial charge in [0.05, 0.1) is 12.7 Å². The Labute approximate surface area is 120 Å². The highest BCUT2D eigenvalue weighted by molar-refractivity contribution is 5.77. The molecule has 1 amide bonds. The second kappa shape index (κ2) is 7.14. The van der Waals surface area contributed by atoms with Crippen molar-refractivity contribution in [1.82, 2.24) is 4.90 Å². The largest absolute Gasteiger partial charge is 0.497 e. The molecule has 0 aliphatic carbocycles. The van der Waals surface area contributed by atoms with E-state index >= 15 is 0 Å². The molecule has 0 bridgehead atoms. The molecule has 0 aliphatic rings.